The number of thiophene rings is 1. The van der Waals surface area contributed by atoms with Gasteiger partial charge in [-0.25, -0.2) is 4.79 Å². The maximum absolute atomic E-state index is 12.9. The molecule has 2 amide bonds. The van der Waals surface area contributed by atoms with Crippen molar-refractivity contribution in [2.45, 2.75) is 0 Å². The highest BCUT2D eigenvalue weighted by Crippen LogP contribution is 2.23. The Hall–Kier alpha value is -4.58. The molecule has 3 aromatic heterocycles. The molecule has 0 aliphatic heterocycles. The van der Waals surface area contributed by atoms with E-state index < -0.39 is 24.4 Å². The van der Waals surface area contributed by atoms with E-state index in [9.17, 15) is 14.4 Å². The van der Waals surface area contributed by atoms with E-state index in [2.05, 4.69) is 20.8 Å². The summed E-state index contributed by atoms with van der Waals surface area (Å²) in [5, 5.41) is 15.9. The molecule has 4 aromatic rings. The van der Waals surface area contributed by atoms with Crippen molar-refractivity contribution < 1.29 is 23.5 Å². The van der Waals surface area contributed by atoms with Crippen molar-refractivity contribution in [3.63, 3.8) is 0 Å². The number of primary amides is 1. The molecule has 0 saturated carbocycles. The van der Waals surface area contributed by atoms with Gasteiger partial charge in [0.1, 0.15) is 10.8 Å². The van der Waals surface area contributed by atoms with Crippen molar-refractivity contribution in [3.05, 3.63) is 71.5 Å². The Labute approximate surface area is 190 Å². The Kier molecular flexibility index (Phi) is 6.36. The van der Waals surface area contributed by atoms with Crippen LogP contribution in [0.5, 0.6) is 0 Å². The van der Waals surface area contributed by atoms with E-state index in [1.54, 1.807) is 41.8 Å². The minimum Gasteiger partial charge on any atom is -0.465 e. The Morgan fingerprint density at radius 1 is 1.15 bits per heavy atom. The average Bonchev–Trinajstić information content (AvgIpc) is 3.58. The lowest BCUT2D eigenvalue weighted by molar-refractivity contribution is -0.141. The van der Waals surface area contributed by atoms with Crippen LogP contribution >= 0.6 is 11.3 Å². The molecule has 3 N–H and O–H groups in total. The molecule has 0 saturated heterocycles. The highest BCUT2D eigenvalue weighted by atomic mass is 32.1. The number of ether oxygens (including phenoxy) is 1. The summed E-state index contributed by atoms with van der Waals surface area (Å²) in [6.45, 7) is -0.618. The quantitative estimate of drug-likeness (QED) is 0.297. The molecule has 4 rings (SSSR count). The lowest BCUT2D eigenvalue weighted by Gasteiger charge is -2.10. The zero-order chi connectivity index (χ0) is 23.2. The van der Waals surface area contributed by atoms with Crippen LogP contribution in [0.25, 0.3) is 23.2 Å². The zero-order valence-corrected chi connectivity index (χ0v) is 17.7. The number of aromatic nitrogens is 4. The third-order valence-electron chi connectivity index (χ3n) is 4.28. The van der Waals surface area contributed by atoms with Crippen LogP contribution in [0.1, 0.15) is 16.1 Å². The summed E-state index contributed by atoms with van der Waals surface area (Å²) < 4.78 is 11.7. The van der Waals surface area contributed by atoms with Gasteiger partial charge in [0.05, 0.1) is 11.8 Å². The van der Waals surface area contributed by atoms with Crippen LogP contribution in [0.3, 0.4) is 0 Å². The second-order valence-corrected chi connectivity index (χ2v) is 7.39. The molecular weight excluding hydrogens is 448 g/mol. The number of hydrogen-bond donors (Lipinski definition) is 2. The van der Waals surface area contributed by atoms with Gasteiger partial charge in [-0.05, 0) is 34.0 Å². The fraction of sp³-hybridized carbons (Fsp3) is 0.0476. The number of carbonyl (C=O) groups is 3. The number of nitrogens with zero attached hydrogens (tertiary/aromatic N) is 4. The van der Waals surface area contributed by atoms with Crippen molar-refractivity contribution >= 4 is 45.9 Å². The van der Waals surface area contributed by atoms with Crippen molar-refractivity contribution in [2.75, 3.05) is 11.9 Å². The topological polar surface area (TPSA) is 155 Å². The highest BCUT2D eigenvalue weighted by molar-refractivity contribution is 7.14. The second-order valence-electron chi connectivity index (χ2n) is 6.48. The predicted octanol–water partition coefficient (Wildman–Crippen LogP) is 2.27. The van der Waals surface area contributed by atoms with E-state index in [1.165, 1.54) is 23.1 Å². The minimum absolute atomic E-state index is 0.0736. The van der Waals surface area contributed by atoms with Crippen LogP contribution in [-0.2, 0) is 14.3 Å². The van der Waals surface area contributed by atoms with E-state index in [0.717, 1.165) is 11.3 Å². The molecule has 0 bridgehead atoms. The molecule has 0 aliphatic rings. The number of anilines is 1. The van der Waals surface area contributed by atoms with Gasteiger partial charge in [0.2, 0.25) is 0 Å². The minimum atomic E-state index is -0.868. The molecule has 166 valence electrons. The summed E-state index contributed by atoms with van der Waals surface area (Å²) in [6, 6.07) is 13.8. The lowest BCUT2D eigenvalue weighted by Crippen LogP contribution is -2.24. The van der Waals surface area contributed by atoms with Gasteiger partial charge >= 0.3 is 5.97 Å². The molecule has 3 heterocycles. The molecule has 0 radical (unpaired) electrons. The van der Waals surface area contributed by atoms with Crippen molar-refractivity contribution in [1.29, 1.82) is 0 Å². The normalized spacial score (nSPS) is 11.2. The first-order valence-electron chi connectivity index (χ1n) is 9.46. The summed E-state index contributed by atoms with van der Waals surface area (Å²) >= 11 is 1.12. The maximum Gasteiger partial charge on any atom is 0.357 e. The Morgan fingerprint density at radius 3 is 2.70 bits per heavy atom. The summed E-state index contributed by atoms with van der Waals surface area (Å²) in [4.78, 5) is 36.6. The third-order valence-corrected chi connectivity index (χ3v) is 5.11. The van der Waals surface area contributed by atoms with Crippen molar-refractivity contribution in [2.24, 2.45) is 5.73 Å². The number of tetrazole rings is 1. The third kappa shape index (κ3) is 5.02. The SMILES string of the molecule is NC(=O)c1ccsc1NC(=O)COC(=O)/C(=C/c1ccco1)n1nnnc1-c1ccccc1. The van der Waals surface area contributed by atoms with Gasteiger partial charge in [-0.2, -0.15) is 4.68 Å². The van der Waals surface area contributed by atoms with Gasteiger partial charge in [0, 0.05) is 11.6 Å². The van der Waals surface area contributed by atoms with Crippen molar-refractivity contribution in [1.82, 2.24) is 20.2 Å². The highest BCUT2D eigenvalue weighted by Gasteiger charge is 2.22. The molecule has 0 aliphatic carbocycles. The van der Waals surface area contributed by atoms with Crippen LogP contribution in [0.2, 0.25) is 0 Å². The van der Waals surface area contributed by atoms with E-state index in [0.29, 0.717) is 17.1 Å². The van der Waals surface area contributed by atoms with Crippen LogP contribution < -0.4 is 11.1 Å². The first kappa shape index (κ1) is 21.6. The first-order chi connectivity index (χ1) is 16.0. The Bertz CT molecular complexity index is 1310. The fourth-order valence-electron chi connectivity index (χ4n) is 2.80. The molecule has 12 heteroatoms. The molecule has 33 heavy (non-hydrogen) atoms. The number of nitrogens with two attached hydrogens (primary N) is 1. The maximum atomic E-state index is 12.9. The number of carbonyl (C=O) groups excluding carboxylic acids is 3. The average molecular weight is 464 g/mol. The number of amides is 2. The second kappa shape index (κ2) is 9.70. The van der Waals surface area contributed by atoms with E-state index >= 15 is 0 Å². The summed E-state index contributed by atoms with van der Waals surface area (Å²) in [7, 11) is 0. The molecule has 11 nitrogen and oxygen atoms in total. The van der Waals surface area contributed by atoms with Crippen LogP contribution in [0.4, 0.5) is 5.00 Å². The standard InChI is InChI=1S/C21H16N6O5S/c22-18(29)15-8-10-33-20(15)23-17(28)12-32-21(30)16(11-14-7-4-9-31-14)27-19(24-25-26-27)13-5-2-1-3-6-13/h1-11H,12H2,(H2,22,29)(H,23,28)/b16-11-. The van der Waals surface area contributed by atoms with Gasteiger partial charge < -0.3 is 20.2 Å². The first-order valence-corrected chi connectivity index (χ1v) is 10.3. The predicted molar refractivity (Wildman–Crippen MR) is 119 cm³/mol. The molecule has 1 aromatic carbocycles. The molecule has 0 atom stereocenters. The van der Waals surface area contributed by atoms with Gasteiger partial charge in [-0.1, -0.05) is 30.3 Å². The number of furan rings is 1. The Morgan fingerprint density at radius 2 is 1.97 bits per heavy atom. The van der Waals surface area contributed by atoms with Crippen LogP contribution in [0.15, 0.2) is 64.6 Å². The smallest absolute Gasteiger partial charge is 0.357 e. The number of benzene rings is 1. The zero-order valence-electron chi connectivity index (χ0n) is 16.9. The van der Waals surface area contributed by atoms with Gasteiger partial charge in [-0.15, -0.1) is 16.4 Å². The van der Waals surface area contributed by atoms with Gasteiger partial charge in [0.25, 0.3) is 11.8 Å². The van der Waals surface area contributed by atoms with E-state index in [4.69, 9.17) is 14.9 Å². The molecule has 0 fully saturated rings. The number of rotatable bonds is 8. The van der Waals surface area contributed by atoms with Crippen molar-refractivity contribution in [3.8, 4) is 11.4 Å². The summed E-state index contributed by atoms with van der Waals surface area (Å²) in [5.74, 6) is -1.55. The van der Waals surface area contributed by atoms with E-state index in [-0.39, 0.29) is 16.3 Å². The molecule has 0 unspecified atom stereocenters. The molecular formula is C21H16N6O5S. The lowest BCUT2D eigenvalue weighted by atomic mass is 10.2. The number of nitrogens with one attached hydrogen (secondary N) is 1. The summed E-state index contributed by atoms with van der Waals surface area (Å²) in [6.07, 6.45) is 2.84. The number of esters is 1. The van der Waals surface area contributed by atoms with E-state index in [1.807, 2.05) is 6.07 Å². The Balaban J connectivity index is 1.55. The summed E-state index contributed by atoms with van der Waals surface area (Å²) in [5.41, 5.74) is 6.03. The van der Waals surface area contributed by atoms with Crippen LogP contribution in [0, 0.1) is 0 Å². The molecule has 0 spiro atoms. The largest absolute Gasteiger partial charge is 0.465 e. The van der Waals surface area contributed by atoms with Crippen LogP contribution in [-0.4, -0.2) is 44.6 Å². The fourth-order valence-corrected chi connectivity index (χ4v) is 3.61. The number of hydrogen-bond acceptors (Lipinski definition) is 9. The van der Waals surface area contributed by atoms with Gasteiger partial charge in [0.15, 0.2) is 18.1 Å². The monoisotopic (exact) mass is 464 g/mol. The van der Waals surface area contributed by atoms with Gasteiger partial charge in [-0.3, -0.25) is 9.59 Å².